The standard InChI is InChI=1S/C20H25ClN8OS/c1-11-17(23)20(9-30-11)3-6-28(7-4-20)14-8-12(22)16(19-27-26-10-29(14)19)31-13-2-5-25-18(24)15(13)21/h2,5,8,10-11,17H,3-4,6-7,9,22-23H2,1H3,(H2,24,25). The van der Waals surface area contributed by atoms with Crippen molar-refractivity contribution in [3.8, 4) is 0 Å². The summed E-state index contributed by atoms with van der Waals surface area (Å²) in [5.41, 5.74) is 20.2. The van der Waals surface area contributed by atoms with Gasteiger partial charge in [0.15, 0.2) is 5.65 Å². The first kappa shape index (κ1) is 20.6. The predicted octanol–water partition coefficient (Wildman–Crippen LogP) is 2.43. The normalized spacial score (nSPS) is 23.1. The Morgan fingerprint density at radius 3 is 2.77 bits per heavy atom. The molecule has 0 radical (unpaired) electrons. The molecule has 2 atom stereocenters. The number of nitrogen functional groups attached to an aromatic ring is 2. The molecule has 3 aromatic rings. The molecule has 2 saturated heterocycles. The third kappa shape index (κ3) is 3.38. The summed E-state index contributed by atoms with van der Waals surface area (Å²) in [7, 11) is 0. The van der Waals surface area contributed by atoms with Gasteiger partial charge in [-0.1, -0.05) is 23.4 Å². The van der Waals surface area contributed by atoms with E-state index in [4.69, 9.17) is 33.5 Å². The molecule has 31 heavy (non-hydrogen) atoms. The zero-order valence-corrected chi connectivity index (χ0v) is 18.7. The fourth-order valence-electron chi connectivity index (χ4n) is 4.59. The fourth-order valence-corrected chi connectivity index (χ4v) is 5.77. The Hall–Kier alpha value is -2.27. The van der Waals surface area contributed by atoms with E-state index in [-0.39, 0.29) is 23.4 Å². The molecule has 164 valence electrons. The van der Waals surface area contributed by atoms with Gasteiger partial charge in [-0.25, -0.2) is 4.98 Å². The van der Waals surface area contributed by atoms with Crippen molar-refractivity contribution >= 4 is 46.3 Å². The summed E-state index contributed by atoms with van der Waals surface area (Å²) in [6, 6.07) is 3.86. The van der Waals surface area contributed by atoms with Crippen LogP contribution in [-0.4, -0.2) is 51.4 Å². The Morgan fingerprint density at radius 2 is 2.06 bits per heavy atom. The number of nitrogens with two attached hydrogens (primary N) is 3. The third-order valence-corrected chi connectivity index (χ3v) is 8.26. The van der Waals surface area contributed by atoms with Gasteiger partial charge in [-0.2, -0.15) is 0 Å². The molecule has 0 aromatic carbocycles. The quantitative estimate of drug-likeness (QED) is 0.538. The van der Waals surface area contributed by atoms with Gasteiger partial charge >= 0.3 is 0 Å². The monoisotopic (exact) mass is 460 g/mol. The van der Waals surface area contributed by atoms with Crippen molar-refractivity contribution < 1.29 is 4.74 Å². The van der Waals surface area contributed by atoms with E-state index < -0.39 is 0 Å². The first-order valence-corrected chi connectivity index (χ1v) is 11.4. The Bertz CT molecular complexity index is 1130. The second kappa shape index (κ2) is 7.70. The van der Waals surface area contributed by atoms with Gasteiger partial charge in [-0.05, 0) is 25.8 Å². The van der Waals surface area contributed by atoms with E-state index >= 15 is 0 Å². The highest BCUT2D eigenvalue weighted by atomic mass is 35.5. The highest BCUT2D eigenvalue weighted by Gasteiger charge is 2.47. The molecule has 9 nitrogen and oxygen atoms in total. The van der Waals surface area contributed by atoms with Gasteiger partial charge in [0.2, 0.25) is 0 Å². The Labute approximate surface area is 189 Å². The summed E-state index contributed by atoms with van der Waals surface area (Å²) in [5.74, 6) is 1.25. The second-order valence-electron chi connectivity index (χ2n) is 8.31. The Kier molecular flexibility index (Phi) is 5.12. The number of pyridine rings is 2. The van der Waals surface area contributed by atoms with Crippen molar-refractivity contribution in [3.63, 3.8) is 0 Å². The SMILES string of the molecule is CC1OCC2(CCN(c3cc(N)c(Sc4ccnc(N)c4Cl)c4nncn34)CC2)C1N. The van der Waals surface area contributed by atoms with Crippen LogP contribution in [-0.2, 0) is 4.74 Å². The molecule has 5 rings (SSSR count). The smallest absolute Gasteiger partial charge is 0.178 e. The van der Waals surface area contributed by atoms with Crippen LogP contribution in [0, 0.1) is 5.41 Å². The van der Waals surface area contributed by atoms with Crippen LogP contribution in [0.15, 0.2) is 34.4 Å². The van der Waals surface area contributed by atoms with E-state index in [9.17, 15) is 0 Å². The summed E-state index contributed by atoms with van der Waals surface area (Å²) < 4.78 is 7.83. The van der Waals surface area contributed by atoms with Gasteiger partial charge < -0.3 is 26.8 Å². The van der Waals surface area contributed by atoms with Gasteiger partial charge in [0.25, 0.3) is 0 Å². The molecule has 2 aliphatic heterocycles. The number of rotatable bonds is 3. The van der Waals surface area contributed by atoms with Gasteiger partial charge in [-0.15, -0.1) is 10.2 Å². The van der Waals surface area contributed by atoms with Crippen LogP contribution in [0.5, 0.6) is 0 Å². The average Bonchev–Trinajstić information content (AvgIpc) is 3.35. The van der Waals surface area contributed by atoms with Crippen molar-refractivity contribution in [3.05, 3.63) is 29.7 Å². The Balaban J connectivity index is 1.45. The van der Waals surface area contributed by atoms with E-state index in [1.165, 1.54) is 11.8 Å². The number of aromatic nitrogens is 4. The molecule has 0 bridgehead atoms. The summed E-state index contributed by atoms with van der Waals surface area (Å²) in [5, 5.41) is 8.87. The highest BCUT2D eigenvalue weighted by Crippen LogP contribution is 2.44. The van der Waals surface area contributed by atoms with Crippen LogP contribution in [0.4, 0.5) is 17.3 Å². The number of nitrogens with zero attached hydrogens (tertiary/aromatic N) is 5. The number of hydrogen-bond acceptors (Lipinski definition) is 9. The number of halogens is 1. The van der Waals surface area contributed by atoms with Crippen LogP contribution < -0.4 is 22.1 Å². The molecular weight excluding hydrogens is 436 g/mol. The second-order valence-corrected chi connectivity index (χ2v) is 9.74. The molecule has 5 heterocycles. The summed E-state index contributed by atoms with van der Waals surface area (Å²) >= 11 is 7.74. The van der Waals surface area contributed by atoms with Gasteiger partial charge in [0.1, 0.15) is 18.0 Å². The maximum Gasteiger partial charge on any atom is 0.178 e. The minimum absolute atomic E-state index is 0.0571. The van der Waals surface area contributed by atoms with E-state index in [2.05, 4.69) is 27.0 Å². The lowest BCUT2D eigenvalue weighted by Crippen LogP contribution is -2.50. The molecule has 0 amide bonds. The van der Waals surface area contributed by atoms with Crippen LogP contribution in [0.25, 0.3) is 5.65 Å². The number of ether oxygens (including phenoxy) is 1. The minimum atomic E-state index is 0.0571. The molecule has 2 fully saturated rings. The van der Waals surface area contributed by atoms with Crippen molar-refractivity contribution in [2.75, 3.05) is 36.1 Å². The van der Waals surface area contributed by atoms with Crippen molar-refractivity contribution in [1.82, 2.24) is 19.6 Å². The number of hydrogen-bond donors (Lipinski definition) is 3. The van der Waals surface area contributed by atoms with Gasteiger partial charge in [-0.3, -0.25) is 4.40 Å². The van der Waals surface area contributed by atoms with E-state index in [0.717, 1.165) is 48.1 Å². The Morgan fingerprint density at radius 1 is 1.29 bits per heavy atom. The van der Waals surface area contributed by atoms with Gasteiger partial charge in [0.05, 0.1) is 28.3 Å². The lowest BCUT2D eigenvalue weighted by molar-refractivity contribution is 0.0974. The van der Waals surface area contributed by atoms with Crippen LogP contribution in [0.1, 0.15) is 19.8 Å². The first-order valence-electron chi connectivity index (χ1n) is 10.2. The zero-order valence-electron chi connectivity index (χ0n) is 17.2. The van der Waals surface area contributed by atoms with Crippen molar-refractivity contribution in [2.45, 2.75) is 41.7 Å². The molecule has 6 N–H and O–H groups in total. The zero-order chi connectivity index (χ0) is 21.8. The molecule has 1 spiro atoms. The maximum atomic E-state index is 6.49. The average molecular weight is 461 g/mol. The first-order chi connectivity index (χ1) is 14.9. The number of fused-ring (bicyclic) bond motifs is 1. The van der Waals surface area contributed by atoms with E-state index in [1.807, 2.05) is 16.5 Å². The van der Waals surface area contributed by atoms with Crippen LogP contribution in [0.2, 0.25) is 5.02 Å². The molecular formula is C20H25ClN8OS. The predicted molar refractivity (Wildman–Crippen MR) is 122 cm³/mol. The molecule has 3 aromatic heterocycles. The molecule has 2 aliphatic rings. The lowest BCUT2D eigenvalue weighted by atomic mass is 9.73. The molecule has 11 heteroatoms. The summed E-state index contributed by atoms with van der Waals surface area (Å²) in [6.45, 7) is 4.54. The molecule has 0 aliphatic carbocycles. The molecule has 2 unspecified atom stereocenters. The van der Waals surface area contributed by atoms with Crippen LogP contribution >= 0.6 is 23.4 Å². The third-order valence-electron chi connectivity index (χ3n) is 6.57. The lowest BCUT2D eigenvalue weighted by Gasteiger charge is -2.42. The van der Waals surface area contributed by atoms with E-state index in [1.54, 1.807) is 12.5 Å². The van der Waals surface area contributed by atoms with Crippen molar-refractivity contribution in [2.24, 2.45) is 11.1 Å². The summed E-state index contributed by atoms with van der Waals surface area (Å²) in [4.78, 5) is 7.88. The molecule has 0 saturated carbocycles. The highest BCUT2D eigenvalue weighted by molar-refractivity contribution is 7.99. The maximum absolute atomic E-state index is 6.49. The number of piperidine rings is 1. The van der Waals surface area contributed by atoms with Crippen LogP contribution in [0.3, 0.4) is 0 Å². The summed E-state index contributed by atoms with van der Waals surface area (Å²) in [6.07, 6.45) is 5.40. The fraction of sp³-hybridized carbons (Fsp3) is 0.450. The largest absolute Gasteiger partial charge is 0.398 e. The van der Waals surface area contributed by atoms with E-state index in [0.29, 0.717) is 16.4 Å². The van der Waals surface area contributed by atoms with Gasteiger partial charge in [0, 0.05) is 41.7 Å². The van der Waals surface area contributed by atoms with Crippen molar-refractivity contribution in [1.29, 1.82) is 0 Å². The number of anilines is 3. The minimum Gasteiger partial charge on any atom is -0.398 e. The topological polar surface area (TPSA) is 134 Å².